The van der Waals surface area contributed by atoms with Gasteiger partial charge in [-0.3, -0.25) is 0 Å². The van der Waals surface area contributed by atoms with Gasteiger partial charge in [-0.25, -0.2) is 0 Å². The van der Waals surface area contributed by atoms with Gasteiger partial charge in [0.05, 0.1) is 12.3 Å². The fourth-order valence-corrected chi connectivity index (χ4v) is 1.00. The van der Waals surface area contributed by atoms with Gasteiger partial charge in [0.25, 0.3) is 0 Å². The summed E-state index contributed by atoms with van der Waals surface area (Å²) < 4.78 is 5.30. The van der Waals surface area contributed by atoms with Gasteiger partial charge in [0, 0.05) is 5.02 Å². The number of hydrogen-bond acceptors (Lipinski definition) is 2. The van der Waals surface area contributed by atoms with E-state index in [2.05, 4.69) is 0 Å². The third-order valence-corrected chi connectivity index (χ3v) is 1.61. The second-order valence-electron chi connectivity index (χ2n) is 2.40. The second-order valence-corrected chi connectivity index (χ2v) is 2.84. The summed E-state index contributed by atoms with van der Waals surface area (Å²) >= 11 is 5.71. The summed E-state index contributed by atoms with van der Waals surface area (Å²) in [7, 11) is 0. The molecule has 0 atom stereocenters. The van der Waals surface area contributed by atoms with E-state index in [1.807, 2.05) is 13.3 Å². The van der Waals surface area contributed by atoms with Crippen LogP contribution in [0.5, 0.6) is 5.75 Å². The quantitative estimate of drug-likeness (QED) is 0.733. The lowest BCUT2D eigenvalue weighted by molar-refractivity contribution is 0.351. The van der Waals surface area contributed by atoms with E-state index in [1.165, 1.54) is 0 Å². The fourth-order valence-electron chi connectivity index (χ4n) is 0.824. The predicted octanol–water partition coefficient (Wildman–Crippen LogP) is 2.53. The lowest BCUT2D eigenvalue weighted by atomic mass is 10.3. The van der Waals surface area contributed by atoms with Crippen molar-refractivity contribution in [3.8, 4) is 5.75 Å². The number of anilines is 1. The zero-order chi connectivity index (χ0) is 8.97. The van der Waals surface area contributed by atoms with Gasteiger partial charge >= 0.3 is 0 Å². The molecule has 0 unspecified atom stereocenters. The molecule has 0 aliphatic rings. The molecule has 0 aromatic heterocycles. The van der Waals surface area contributed by atoms with Crippen LogP contribution in [0.25, 0.3) is 0 Å². The molecule has 3 heteroatoms. The molecule has 1 rings (SSSR count). The fraction of sp³-hybridized carbons (Fsp3) is 0.222. The lowest BCUT2D eigenvalue weighted by Crippen LogP contribution is -1.98. The van der Waals surface area contributed by atoms with Crippen LogP contribution >= 0.6 is 11.6 Å². The number of rotatable bonds is 3. The highest BCUT2D eigenvalue weighted by molar-refractivity contribution is 6.30. The molecule has 0 fully saturated rings. The highest BCUT2D eigenvalue weighted by Crippen LogP contribution is 2.24. The van der Waals surface area contributed by atoms with Crippen LogP contribution in [-0.4, -0.2) is 6.61 Å². The molecule has 0 heterocycles. The highest BCUT2D eigenvalue weighted by Gasteiger charge is 1.99. The van der Waals surface area contributed by atoms with E-state index in [4.69, 9.17) is 22.1 Å². The van der Waals surface area contributed by atoms with Crippen LogP contribution < -0.4 is 10.5 Å². The summed E-state index contributed by atoms with van der Waals surface area (Å²) in [6.07, 6.45) is 1.91. The minimum absolute atomic E-state index is 0.561. The van der Waals surface area contributed by atoms with Crippen LogP contribution in [0, 0.1) is 6.42 Å². The molecule has 0 saturated carbocycles. The van der Waals surface area contributed by atoms with Crippen molar-refractivity contribution in [3.63, 3.8) is 0 Å². The summed E-state index contributed by atoms with van der Waals surface area (Å²) in [6, 6.07) is 5.19. The standard InChI is InChI=1S/C9H11ClNO/c1-2-5-12-9-4-3-7(10)6-8(9)11/h2-4,6H,5,11H2,1H3. The smallest absolute Gasteiger partial charge is 0.142 e. The Morgan fingerprint density at radius 1 is 1.58 bits per heavy atom. The predicted molar refractivity (Wildman–Crippen MR) is 51.3 cm³/mol. The van der Waals surface area contributed by atoms with Crippen molar-refractivity contribution < 1.29 is 4.74 Å². The normalized spacial score (nSPS) is 9.83. The van der Waals surface area contributed by atoms with Gasteiger partial charge in [0.15, 0.2) is 0 Å². The van der Waals surface area contributed by atoms with E-state index in [1.54, 1.807) is 18.2 Å². The SMILES string of the molecule is C[CH]COc1ccc(Cl)cc1N. The van der Waals surface area contributed by atoms with E-state index >= 15 is 0 Å². The molecule has 2 N–H and O–H groups in total. The van der Waals surface area contributed by atoms with Crippen LogP contribution in [0.1, 0.15) is 6.92 Å². The summed E-state index contributed by atoms with van der Waals surface area (Å²) in [4.78, 5) is 0. The first-order valence-electron chi connectivity index (χ1n) is 3.69. The Hall–Kier alpha value is -0.890. The number of halogens is 1. The second kappa shape index (κ2) is 4.21. The molecular formula is C9H11ClNO. The lowest BCUT2D eigenvalue weighted by Gasteiger charge is -2.06. The summed E-state index contributed by atoms with van der Waals surface area (Å²) in [5.74, 6) is 0.678. The molecular weight excluding hydrogens is 174 g/mol. The topological polar surface area (TPSA) is 35.2 Å². The Kier molecular flexibility index (Phi) is 3.23. The van der Waals surface area contributed by atoms with Crippen molar-refractivity contribution in [2.75, 3.05) is 12.3 Å². The van der Waals surface area contributed by atoms with Crippen LogP contribution in [0.2, 0.25) is 5.02 Å². The molecule has 0 saturated heterocycles. The summed E-state index contributed by atoms with van der Waals surface area (Å²) in [5.41, 5.74) is 6.21. The Balaban J connectivity index is 2.72. The van der Waals surface area contributed by atoms with E-state index in [-0.39, 0.29) is 0 Å². The van der Waals surface area contributed by atoms with Crippen molar-refractivity contribution in [1.82, 2.24) is 0 Å². The molecule has 0 amide bonds. The van der Waals surface area contributed by atoms with Crippen molar-refractivity contribution in [2.24, 2.45) is 0 Å². The number of hydrogen-bond donors (Lipinski definition) is 1. The molecule has 1 aromatic rings. The number of nitrogen functional groups attached to an aromatic ring is 1. The summed E-state index contributed by atoms with van der Waals surface area (Å²) in [5, 5.41) is 0.625. The van der Waals surface area contributed by atoms with E-state index < -0.39 is 0 Å². The average molecular weight is 185 g/mol. The Bertz CT molecular complexity index is 263. The van der Waals surface area contributed by atoms with E-state index in [0.717, 1.165) is 0 Å². The minimum atomic E-state index is 0.561. The van der Waals surface area contributed by atoms with Gasteiger partial charge < -0.3 is 10.5 Å². The maximum Gasteiger partial charge on any atom is 0.142 e. The third-order valence-electron chi connectivity index (χ3n) is 1.38. The van der Waals surface area contributed by atoms with Crippen LogP contribution in [-0.2, 0) is 0 Å². The highest BCUT2D eigenvalue weighted by atomic mass is 35.5. The van der Waals surface area contributed by atoms with Gasteiger partial charge in [-0.15, -0.1) is 0 Å². The van der Waals surface area contributed by atoms with Crippen LogP contribution in [0.15, 0.2) is 18.2 Å². The molecule has 0 aliphatic carbocycles. The van der Waals surface area contributed by atoms with E-state index in [0.29, 0.717) is 23.1 Å². The number of benzene rings is 1. The van der Waals surface area contributed by atoms with E-state index in [9.17, 15) is 0 Å². The molecule has 2 nitrogen and oxygen atoms in total. The number of ether oxygens (including phenoxy) is 1. The molecule has 1 aromatic carbocycles. The first-order chi connectivity index (χ1) is 5.74. The molecule has 65 valence electrons. The minimum Gasteiger partial charge on any atom is -0.491 e. The Labute approximate surface area is 77.3 Å². The first kappa shape index (κ1) is 9.20. The average Bonchev–Trinajstić information content (AvgIpc) is 2.03. The molecule has 12 heavy (non-hydrogen) atoms. The van der Waals surface area contributed by atoms with Gasteiger partial charge in [0.2, 0.25) is 0 Å². The van der Waals surface area contributed by atoms with Crippen molar-refractivity contribution in [1.29, 1.82) is 0 Å². The number of nitrogens with two attached hydrogens (primary N) is 1. The van der Waals surface area contributed by atoms with Crippen molar-refractivity contribution >= 4 is 17.3 Å². The molecule has 0 bridgehead atoms. The Morgan fingerprint density at radius 3 is 2.92 bits per heavy atom. The Morgan fingerprint density at radius 2 is 2.33 bits per heavy atom. The zero-order valence-electron chi connectivity index (χ0n) is 6.88. The first-order valence-corrected chi connectivity index (χ1v) is 4.07. The monoisotopic (exact) mass is 184 g/mol. The van der Waals surface area contributed by atoms with Gasteiger partial charge in [0.1, 0.15) is 5.75 Å². The van der Waals surface area contributed by atoms with Gasteiger partial charge in [-0.1, -0.05) is 18.5 Å². The molecule has 0 spiro atoms. The zero-order valence-corrected chi connectivity index (χ0v) is 7.64. The third kappa shape index (κ3) is 2.31. The van der Waals surface area contributed by atoms with Crippen LogP contribution in [0.3, 0.4) is 0 Å². The summed E-state index contributed by atoms with van der Waals surface area (Å²) in [6.45, 7) is 2.48. The molecule has 1 radical (unpaired) electrons. The van der Waals surface area contributed by atoms with Gasteiger partial charge in [-0.2, -0.15) is 0 Å². The maximum atomic E-state index is 5.71. The largest absolute Gasteiger partial charge is 0.491 e. The van der Waals surface area contributed by atoms with Crippen molar-refractivity contribution in [3.05, 3.63) is 29.6 Å². The van der Waals surface area contributed by atoms with Gasteiger partial charge in [-0.05, 0) is 24.6 Å². The molecule has 0 aliphatic heterocycles. The maximum absolute atomic E-state index is 5.71. The van der Waals surface area contributed by atoms with Crippen LogP contribution in [0.4, 0.5) is 5.69 Å². The van der Waals surface area contributed by atoms with Crippen molar-refractivity contribution in [2.45, 2.75) is 6.92 Å².